The second-order valence-electron chi connectivity index (χ2n) is 2.80. The van der Waals surface area contributed by atoms with Gasteiger partial charge in [-0.3, -0.25) is 10.1 Å². The van der Waals surface area contributed by atoms with Crippen molar-refractivity contribution in [2.75, 3.05) is 0 Å². The number of oxime groups is 1. The summed E-state index contributed by atoms with van der Waals surface area (Å²) in [7, 11) is 0. The lowest BCUT2D eigenvalue weighted by molar-refractivity contribution is -0.386. The predicted octanol–water partition coefficient (Wildman–Crippen LogP) is 1.29. The standard InChI is InChI=1S/C8H7F2N3O4/c9-8(10)17-6-2-1-4(7(11)12-14)3-5(6)13(15)16/h1-3,8,14H,(H2,11,12). The van der Waals surface area contributed by atoms with E-state index in [9.17, 15) is 18.9 Å². The van der Waals surface area contributed by atoms with Gasteiger partial charge in [0.15, 0.2) is 5.84 Å². The van der Waals surface area contributed by atoms with Crippen LogP contribution in [0, 0.1) is 10.1 Å². The number of rotatable bonds is 4. The van der Waals surface area contributed by atoms with Crippen molar-refractivity contribution in [1.82, 2.24) is 0 Å². The summed E-state index contributed by atoms with van der Waals surface area (Å²) in [6.45, 7) is -3.18. The summed E-state index contributed by atoms with van der Waals surface area (Å²) in [5, 5.41) is 21.6. The van der Waals surface area contributed by atoms with E-state index in [0.29, 0.717) is 0 Å². The molecule has 0 amide bonds. The van der Waals surface area contributed by atoms with Gasteiger partial charge in [0.2, 0.25) is 5.75 Å². The number of alkyl halides is 2. The van der Waals surface area contributed by atoms with Gasteiger partial charge < -0.3 is 15.7 Å². The molecule has 3 N–H and O–H groups in total. The molecule has 0 saturated heterocycles. The monoisotopic (exact) mass is 247 g/mol. The van der Waals surface area contributed by atoms with Gasteiger partial charge in [0.1, 0.15) is 0 Å². The summed E-state index contributed by atoms with van der Waals surface area (Å²) in [5.41, 5.74) is 4.52. The number of nitrogens with two attached hydrogens (primary N) is 1. The van der Waals surface area contributed by atoms with Gasteiger partial charge >= 0.3 is 12.3 Å². The van der Waals surface area contributed by atoms with Crippen LogP contribution in [0.3, 0.4) is 0 Å². The van der Waals surface area contributed by atoms with Crippen LogP contribution in [-0.4, -0.2) is 22.6 Å². The van der Waals surface area contributed by atoms with Crippen LogP contribution in [0.4, 0.5) is 14.5 Å². The first-order valence-corrected chi connectivity index (χ1v) is 4.17. The molecule has 1 rings (SSSR count). The van der Waals surface area contributed by atoms with Crippen LogP contribution in [0.15, 0.2) is 23.4 Å². The SMILES string of the molecule is NC(=NO)c1ccc(OC(F)F)c([N+](=O)[O-])c1. The molecular formula is C8H7F2N3O4. The number of nitrogens with zero attached hydrogens (tertiary/aromatic N) is 2. The zero-order valence-corrected chi connectivity index (χ0v) is 8.21. The molecule has 0 aromatic heterocycles. The van der Waals surface area contributed by atoms with Crippen molar-refractivity contribution < 1.29 is 23.6 Å². The minimum Gasteiger partial charge on any atom is -0.427 e. The van der Waals surface area contributed by atoms with Gasteiger partial charge in [-0.1, -0.05) is 5.16 Å². The molecule has 9 heteroatoms. The number of amidine groups is 1. The molecule has 1 aromatic carbocycles. The molecule has 7 nitrogen and oxygen atoms in total. The normalized spacial score (nSPS) is 11.6. The molecule has 0 heterocycles. The van der Waals surface area contributed by atoms with E-state index in [-0.39, 0.29) is 11.4 Å². The van der Waals surface area contributed by atoms with Crippen LogP contribution in [0.1, 0.15) is 5.56 Å². The van der Waals surface area contributed by atoms with Gasteiger partial charge in [-0.05, 0) is 12.1 Å². The summed E-state index contributed by atoms with van der Waals surface area (Å²) in [6, 6.07) is 2.96. The van der Waals surface area contributed by atoms with E-state index in [1.807, 2.05) is 0 Å². The van der Waals surface area contributed by atoms with Gasteiger partial charge in [-0.2, -0.15) is 8.78 Å². The number of hydrogen-bond acceptors (Lipinski definition) is 5. The van der Waals surface area contributed by atoms with Crippen LogP contribution in [-0.2, 0) is 0 Å². The van der Waals surface area contributed by atoms with Crippen molar-refractivity contribution >= 4 is 11.5 Å². The molecule has 0 aliphatic heterocycles. The summed E-state index contributed by atoms with van der Waals surface area (Å²) in [4.78, 5) is 9.69. The van der Waals surface area contributed by atoms with Crippen molar-refractivity contribution in [1.29, 1.82) is 0 Å². The Labute approximate surface area is 93.2 Å². The van der Waals surface area contributed by atoms with Crippen LogP contribution in [0.5, 0.6) is 5.75 Å². The molecular weight excluding hydrogens is 240 g/mol. The van der Waals surface area contributed by atoms with Crippen molar-refractivity contribution in [2.45, 2.75) is 6.61 Å². The predicted molar refractivity (Wildman–Crippen MR) is 52.2 cm³/mol. The van der Waals surface area contributed by atoms with E-state index in [1.54, 1.807) is 0 Å². The third-order valence-corrected chi connectivity index (χ3v) is 1.78. The minimum atomic E-state index is -3.18. The largest absolute Gasteiger partial charge is 0.427 e. The summed E-state index contributed by atoms with van der Waals surface area (Å²) >= 11 is 0. The first kappa shape index (κ1) is 12.6. The maximum absolute atomic E-state index is 12.0. The summed E-state index contributed by atoms with van der Waals surface area (Å²) in [5.74, 6) is -0.976. The van der Waals surface area contributed by atoms with Crippen molar-refractivity contribution in [2.24, 2.45) is 10.9 Å². The van der Waals surface area contributed by atoms with E-state index in [2.05, 4.69) is 9.89 Å². The third-order valence-electron chi connectivity index (χ3n) is 1.78. The van der Waals surface area contributed by atoms with Crippen molar-refractivity contribution in [3.8, 4) is 5.75 Å². The zero-order valence-electron chi connectivity index (χ0n) is 8.21. The Morgan fingerprint density at radius 1 is 1.59 bits per heavy atom. The first-order valence-electron chi connectivity index (χ1n) is 4.17. The Kier molecular flexibility index (Phi) is 3.75. The topological polar surface area (TPSA) is 111 Å². The molecule has 0 spiro atoms. The van der Waals surface area contributed by atoms with E-state index in [4.69, 9.17) is 10.9 Å². The fourth-order valence-electron chi connectivity index (χ4n) is 1.07. The molecule has 0 aliphatic carbocycles. The second kappa shape index (κ2) is 5.05. The lowest BCUT2D eigenvalue weighted by Crippen LogP contribution is -2.13. The average Bonchev–Trinajstić information content (AvgIpc) is 2.27. The molecule has 17 heavy (non-hydrogen) atoms. The fraction of sp³-hybridized carbons (Fsp3) is 0.125. The summed E-state index contributed by atoms with van der Waals surface area (Å²) < 4.78 is 27.9. The Morgan fingerprint density at radius 3 is 2.71 bits per heavy atom. The van der Waals surface area contributed by atoms with Crippen LogP contribution in [0.25, 0.3) is 0 Å². The highest BCUT2D eigenvalue weighted by Crippen LogP contribution is 2.29. The first-order chi connectivity index (χ1) is 7.95. The Morgan fingerprint density at radius 2 is 2.24 bits per heavy atom. The number of benzene rings is 1. The molecule has 1 aromatic rings. The molecule has 0 fully saturated rings. The molecule has 92 valence electrons. The average molecular weight is 247 g/mol. The fourth-order valence-corrected chi connectivity index (χ4v) is 1.07. The highest BCUT2D eigenvalue weighted by molar-refractivity contribution is 5.97. The van der Waals surface area contributed by atoms with Crippen LogP contribution in [0.2, 0.25) is 0 Å². The molecule has 0 radical (unpaired) electrons. The van der Waals surface area contributed by atoms with Crippen molar-refractivity contribution in [3.63, 3.8) is 0 Å². The van der Waals surface area contributed by atoms with Gasteiger partial charge in [0, 0.05) is 11.6 Å². The van der Waals surface area contributed by atoms with Gasteiger partial charge in [-0.15, -0.1) is 0 Å². The van der Waals surface area contributed by atoms with E-state index in [1.165, 1.54) is 0 Å². The molecule has 0 unspecified atom stereocenters. The maximum Gasteiger partial charge on any atom is 0.387 e. The molecule has 0 aliphatic rings. The van der Waals surface area contributed by atoms with Gasteiger partial charge in [0.05, 0.1) is 4.92 Å². The molecule has 0 saturated carbocycles. The van der Waals surface area contributed by atoms with Crippen LogP contribution < -0.4 is 10.5 Å². The number of halogens is 2. The molecule has 0 atom stereocenters. The van der Waals surface area contributed by atoms with Crippen LogP contribution >= 0.6 is 0 Å². The number of ether oxygens (including phenoxy) is 1. The molecule has 0 bridgehead atoms. The second-order valence-corrected chi connectivity index (χ2v) is 2.80. The Bertz CT molecular complexity index is 464. The lowest BCUT2D eigenvalue weighted by Gasteiger charge is -2.06. The Hall–Kier alpha value is -2.45. The quantitative estimate of drug-likeness (QED) is 0.274. The minimum absolute atomic E-state index is 0.0146. The highest BCUT2D eigenvalue weighted by atomic mass is 19.3. The van der Waals surface area contributed by atoms with E-state index < -0.39 is 23.0 Å². The highest BCUT2D eigenvalue weighted by Gasteiger charge is 2.20. The van der Waals surface area contributed by atoms with Gasteiger partial charge in [0.25, 0.3) is 0 Å². The maximum atomic E-state index is 12.0. The van der Waals surface area contributed by atoms with E-state index >= 15 is 0 Å². The third kappa shape index (κ3) is 3.00. The summed E-state index contributed by atoms with van der Waals surface area (Å²) in [6.07, 6.45) is 0. The number of nitro benzene ring substituents is 1. The van der Waals surface area contributed by atoms with Crippen molar-refractivity contribution in [3.05, 3.63) is 33.9 Å². The smallest absolute Gasteiger partial charge is 0.387 e. The lowest BCUT2D eigenvalue weighted by atomic mass is 10.2. The zero-order chi connectivity index (χ0) is 13.0. The van der Waals surface area contributed by atoms with Gasteiger partial charge in [-0.25, -0.2) is 0 Å². The number of hydrogen-bond donors (Lipinski definition) is 2. The van der Waals surface area contributed by atoms with E-state index in [0.717, 1.165) is 18.2 Å². The number of nitro groups is 1. The Balaban J connectivity index is 3.22.